The number of likely N-dealkylation sites (tertiary alicyclic amines) is 1. The highest BCUT2D eigenvalue weighted by molar-refractivity contribution is 5.77. The van der Waals surface area contributed by atoms with Crippen LogP contribution in [0.3, 0.4) is 0 Å². The number of nitrogens with one attached hydrogen (secondary N) is 1. The molecule has 0 radical (unpaired) electrons. The minimum absolute atomic E-state index is 0.115. The lowest BCUT2D eigenvalue weighted by molar-refractivity contribution is -0.143. The maximum atomic E-state index is 11.6. The van der Waals surface area contributed by atoms with Gasteiger partial charge in [0, 0.05) is 39.6 Å². The molecule has 6 heteroatoms. The summed E-state index contributed by atoms with van der Waals surface area (Å²) in [7, 11) is 3.58. The Balaban J connectivity index is 2.08. The second-order valence-corrected chi connectivity index (χ2v) is 5.70. The average Bonchev–Trinajstić information content (AvgIpc) is 2.45. The summed E-state index contributed by atoms with van der Waals surface area (Å²) in [4.78, 5) is 26.7. The van der Waals surface area contributed by atoms with E-state index in [0.717, 1.165) is 38.9 Å². The quantitative estimate of drug-likeness (QED) is 0.521. The van der Waals surface area contributed by atoms with Gasteiger partial charge in [-0.25, -0.2) is 0 Å². The van der Waals surface area contributed by atoms with Gasteiger partial charge in [0.15, 0.2) is 0 Å². The first-order valence-electron chi connectivity index (χ1n) is 7.84. The van der Waals surface area contributed by atoms with Crippen LogP contribution in [0.25, 0.3) is 0 Å². The van der Waals surface area contributed by atoms with Gasteiger partial charge in [-0.3, -0.25) is 14.5 Å². The minimum atomic E-state index is -0.115. The number of piperidine rings is 1. The maximum absolute atomic E-state index is 11.6. The highest BCUT2D eigenvalue weighted by atomic mass is 16.5. The molecule has 21 heavy (non-hydrogen) atoms. The van der Waals surface area contributed by atoms with E-state index in [1.54, 1.807) is 19.0 Å². The maximum Gasteiger partial charge on any atom is 0.305 e. The second-order valence-electron chi connectivity index (χ2n) is 5.70. The summed E-state index contributed by atoms with van der Waals surface area (Å²) in [5, 5.41) is 3.49. The molecule has 1 heterocycles. The van der Waals surface area contributed by atoms with Crippen LogP contribution in [-0.4, -0.2) is 74.6 Å². The van der Waals surface area contributed by atoms with E-state index in [0.29, 0.717) is 25.6 Å². The van der Waals surface area contributed by atoms with Gasteiger partial charge in [-0.15, -0.1) is 0 Å². The standard InChI is InChI=1S/C15H29N3O3/c1-4-21-15(20)6-5-9-16-13-7-10-18(11-8-13)12-14(19)17(2)3/h13,16H,4-12H2,1-3H3. The summed E-state index contributed by atoms with van der Waals surface area (Å²) in [6.45, 7) is 5.55. The van der Waals surface area contributed by atoms with Gasteiger partial charge in [0.25, 0.3) is 0 Å². The number of ether oxygens (including phenoxy) is 1. The van der Waals surface area contributed by atoms with Crippen molar-refractivity contribution in [1.29, 1.82) is 0 Å². The van der Waals surface area contributed by atoms with E-state index in [-0.39, 0.29) is 11.9 Å². The lowest BCUT2D eigenvalue weighted by Gasteiger charge is -2.32. The molecule has 0 unspecified atom stereocenters. The Bertz CT molecular complexity index is 326. The Labute approximate surface area is 127 Å². The second kappa shape index (κ2) is 9.73. The van der Waals surface area contributed by atoms with Gasteiger partial charge in [0.1, 0.15) is 0 Å². The van der Waals surface area contributed by atoms with Crippen molar-refractivity contribution < 1.29 is 14.3 Å². The Kier molecular flexibility index (Phi) is 8.30. The number of hydrogen-bond donors (Lipinski definition) is 1. The summed E-state index contributed by atoms with van der Waals surface area (Å²) < 4.78 is 4.89. The highest BCUT2D eigenvalue weighted by Crippen LogP contribution is 2.10. The predicted molar refractivity (Wildman–Crippen MR) is 82.0 cm³/mol. The molecular weight excluding hydrogens is 270 g/mol. The molecule has 1 fully saturated rings. The molecule has 0 bridgehead atoms. The van der Waals surface area contributed by atoms with E-state index in [2.05, 4.69) is 10.2 Å². The zero-order valence-electron chi connectivity index (χ0n) is 13.6. The van der Waals surface area contributed by atoms with Crippen LogP contribution < -0.4 is 5.32 Å². The molecule has 0 atom stereocenters. The Morgan fingerprint density at radius 1 is 1.29 bits per heavy atom. The number of hydrogen-bond acceptors (Lipinski definition) is 5. The van der Waals surface area contributed by atoms with Gasteiger partial charge in [-0.05, 0) is 32.7 Å². The molecular formula is C15H29N3O3. The third kappa shape index (κ3) is 7.43. The molecule has 0 aromatic heterocycles. The fourth-order valence-electron chi connectivity index (χ4n) is 2.40. The van der Waals surface area contributed by atoms with Gasteiger partial charge in [0.2, 0.25) is 5.91 Å². The molecule has 1 rings (SSSR count). The molecule has 1 N–H and O–H groups in total. The SMILES string of the molecule is CCOC(=O)CCCNC1CCN(CC(=O)N(C)C)CC1. The van der Waals surface area contributed by atoms with Crippen molar-refractivity contribution in [2.75, 3.05) is 46.9 Å². The molecule has 0 aliphatic carbocycles. The van der Waals surface area contributed by atoms with E-state index in [9.17, 15) is 9.59 Å². The molecule has 1 aliphatic heterocycles. The van der Waals surface area contributed by atoms with E-state index in [4.69, 9.17) is 4.74 Å². The first-order chi connectivity index (χ1) is 10.0. The summed E-state index contributed by atoms with van der Waals surface area (Å²) >= 11 is 0. The zero-order chi connectivity index (χ0) is 15.7. The average molecular weight is 299 g/mol. The zero-order valence-corrected chi connectivity index (χ0v) is 13.6. The number of nitrogens with zero attached hydrogens (tertiary/aromatic N) is 2. The number of amides is 1. The fraction of sp³-hybridized carbons (Fsp3) is 0.867. The van der Waals surface area contributed by atoms with Crippen molar-refractivity contribution >= 4 is 11.9 Å². The van der Waals surface area contributed by atoms with Gasteiger partial charge < -0.3 is 15.0 Å². The van der Waals surface area contributed by atoms with E-state index in [1.165, 1.54) is 0 Å². The van der Waals surface area contributed by atoms with E-state index in [1.807, 2.05) is 6.92 Å². The third-order valence-corrected chi connectivity index (χ3v) is 3.74. The van der Waals surface area contributed by atoms with E-state index >= 15 is 0 Å². The topological polar surface area (TPSA) is 61.9 Å². The molecule has 1 aliphatic rings. The molecule has 6 nitrogen and oxygen atoms in total. The van der Waals surface area contributed by atoms with Crippen molar-refractivity contribution in [2.24, 2.45) is 0 Å². The van der Waals surface area contributed by atoms with Crippen LogP contribution >= 0.6 is 0 Å². The van der Waals surface area contributed by atoms with Crippen LogP contribution in [0.1, 0.15) is 32.6 Å². The number of carbonyl (C=O) groups is 2. The molecule has 0 aromatic rings. The lowest BCUT2D eigenvalue weighted by Crippen LogP contribution is -2.46. The summed E-state index contributed by atoms with van der Waals surface area (Å²) in [5.41, 5.74) is 0. The van der Waals surface area contributed by atoms with Gasteiger partial charge in [0.05, 0.1) is 13.2 Å². The molecule has 0 aromatic carbocycles. The largest absolute Gasteiger partial charge is 0.466 e. The van der Waals surface area contributed by atoms with Crippen LogP contribution in [-0.2, 0) is 14.3 Å². The van der Waals surface area contributed by atoms with Crippen LogP contribution in [0.4, 0.5) is 0 Å². The van der Waals surface area contributed by atoms with Crippen molar-refractivity contribution in [3.8, 4) is 0 Å². The van der Waals surface area contributed by atoms with Crippen LogP contribution in [0.2, 0.25) is 0 Å². The Hall–Kier alpha value is -1.14. The fourth-order valence-corrected chi connectivity index (χ4v) is 2.40. The molecule has 1 saturated heterocycles. The van der Waals surface area contributed by atoms with Gasteiger partial charge >= 0.3 is 5.97 Å². The molecule has 1 amide bonds. The third-order valence-electron chi connectivity index (χ3n) is 3.74. The highest BCUT2D eigenvalue weighted by Gasteiger charge is 2.20. The summed E-state index contributed by atoms with van der Waals surface area (Å²) in [6, 6.07) is 0.498. The first-order valence-corrected chi connectivity index (χ1v) is 7.84. The summed E-state index contributed by atoms with van der Waals surface area (Å²) in [5.74, 6) is 0.0483. The first kappa shape index (κ1) is 17.9. The molecule has 122 valence electrons. The number of carbonyl (C=O) groups excluding carboxylic acids is 2. The van der Waals surface area contributed by atoms with Crippen molar-refractivity contribution in [3.63, 3.8) is 0 Å². The van der Waals surface area contributed by atoms with Gasteiger partial charge in [-0.1, -0.05) is 0 Å². The summed E-state index contributed by atoms with van der Waals surface area (Å²) in [6.07, 6.45) is 3.41. The normalized spacial score (nSPS) is 16.7. The van der Waals surface area contributed by atoms with Gasteiger partial charge in [-0.2, -0.15) is 0 Å². The van der Waals surface area contributed by atoms with Crippen molar-refractivity contribution in [3.05, 3.63) is 0 Å². The van der Waals surface area contributed by atoms with Crippen LogP contribution in [0, 0.1) is 0 Å². The number of rotatable bonds is 8. The lowest BCUT2D eigenvalue weighted by atomic mass is 10.0. The number of likely N-dealkylation sites (N-methyl/N-ethyl adjacent to an activating group) is 1. The molecule has 0 saturated carbocycles. The van der Waals surface area contributed by atoms with Crippen molar-refractivity contribution in [2.45, 2.75) is 38.6 Å². The van der Waals surface area contributed by atoms with Crippen LogP contribution in [0.15, 0.2) is 0 Å². The Morgan fingerprint density at radius 3 is 2.52 bits per heavy atom. The van der Waals surface area contributed by atoms with Crippen LogP contribution in [0.5, 0.6) is 0 Å². The smallest absolute Gasteiger partial charge is 0.305 e. The Morgan fingerprint density at radius 2 is 1.95 bits per heavy atom. The molecule has 0 spiro atoms. The van der Waals surface area contributed by atoms with Crippen molar-refractivity contribution in [1.82, 2.24) is 15.1 Å². The minimum Gasteiger partial charge on any atom is -0.466 e. The van der Waals surface area contributed by atoms with E-state index < -0.39 is 0 Å². The number of esters is 1. The monoisotopic (exact) mass is 299 g/mol. The predicted octanol–water partition coefficient (Wildman–Crippen LogP) is 0.472.